The Bertz CT molecular complexity index is 919. The van der Waals surface area contributed by atoms with Crippen LogP contribution in [0, 0.1) is 6.92 Å². The molecule has 0 unspecified atom stereocenters. The van der Waals surface area contributed by atoms with Gasteiger partial charge in [-0.05, 0) is 59.5 Å². The van der Waals surface area contributed by atoms with Crippen molar-refractivity contribution in [2.24, 2.45) is 0 Å². The van der Waals surface area contributed by atoms with Crippen LogP contribution in [-0.2, 0) is 4.79 Å². The van der Waals surface area contributed by atoms with Gasteiger partial charge in [-0.15, -0.1) is 0 Å². The smallest absolute Gasteiger partial charge is 0.272 e. The van der Waals surface area contributed by atoms with Crippen molar-refractivity contribution in [1.29, 1.82) is 0 Å². The summed E-state index contributed by atoms with van der Waals surface area (Å²) in [6.07, 6.45) is 0.831. The van der Waals surface area contributed by atoms with E-state index < -0.39 is 0 Å². The molecule has 3 rings (SSSR count). The first kappa shape index (κ1) is 21.4. The summed E-state index contributed by atoms with van der Waals surface area (Å²) in [5.74, 6) is 1.00. The van der Waals surface area contributed by atoms with Gasteiger partial charge in [-0.25, -0.2) is 9.97 Å². The van der Waals surface area contributed by atoms with Gasteiger partial charge in [0, 0.05) is 42.6 Å². The van der Waals surface area contributed by atoms with E-state index in [2.05, 4.69) is 57.9 Å². The molecule has 0 atom stereocenters. The van der Waals surface area contributed by atoms with E-state index in [9.17, 15) is 9.59 Å². The first-order valence-electron chi connectivity index (χ1n) is 10.0. The van der Waals surface area contributed by atoms with Crippen LogP contribution in [0.5, 0.6) is 0 Å². The Hall–Kier alpha value is -2.28. The third kappa shape index (κ3) is 4.83. The highest BCUT2D eigenvalue weighted by Gasteiger charge is 2.24. The molecule has 0 spiro atoms. The normalized spacial score (nSPS) is 14.4. The number of hydrogen-bond acceptors (Lipinski definition) is 5. The zero-order valence-corrected chi connectivity index (χ0v) is 19.0. The molecular formula is C22H27BrN4O2. The van der Waals surface area contributed by atoms with Crippen LogP contribution in [-0.4, -0.2) is 46.2 Å². The number of amides is 1. The van der Waals surface area contributed by atoms with Crippen LogP contribution in [0.1, 0.15) is 61.3 Å². The number of Topliss-reactive ketones (excluding diaryl/α,β-unsaturated/α-hetero) is 1. The molecule has 2 heterocycles. The molecule has 0 bridgehead atoms. The van der Waals surface area contributed by atoms with Gasteiger partial charge in [-0.2, -0.15) is 0 Å². The number of anilines is 2. The molecule has 1 aliphatic rings. The zero-order valence-electron chi connectivity index (χ0n) is 17.4. The topological polar surface area (TPSA) is 66.4 Å². The number of likely N-dealkylation sites (tertiary alicyclic amines) is 1. The van der Waals surface area contributed by atoms with E-state index in [0.29, 0.717) is 50.0 Å². The molecule has 2 aromatic rings. The number of piperidine rings is 1. The number of rotatable bonds is 5. The van der Waals surface area contributed by atoms with Crippen LogP contribution in [0.4, 0.5) is 11.6 Å². The van der Waals surface area contributed by atoms with Gasteiger partial charge in [0.1, 0.15) is 11.5 Å². The maximum atomic E-state index is 12.9. The lowest BCUT2D eigenvalue weighted by Crippen LogP contribution is -2.39. The summed E-state index contributed by atoms with van der Waals surface area (Å²) >= 11 is 3.68. The number of hydrogen-bond donors (Lipinski definition) is 0. The number of halogens is 1. The highest BCUT2D eigenvalue weighted by Crippen LogP contribution is 2.33. The lowest BCUT2D eigenvalue weighted by molar-refractivity contribution is -0.120. The Morgan fingerprint density at radius 1 is 1.21 bits per heavy atom. The van der Waals surface area contributed by atoms with Crippen LogP contribution in [0.25, 0.3) is 0 Å². The van der Waals surface area contributed by atoms with Crippen LogP contribution in [0.2, 0.25) is 0 Å². The monoisotopic (exact) mass is 458 g/mol. The quantitative estimate of drug-likeness (QED) is 0.652. The molecule has 1 saturated heterocycles. The predicted molar refractivity (Wildman–Crippen MR) is 118 cm³/mol. The van der Waals surface area contributed by atoms with Crippen molar-refractivity contribution in [1.82, 2.24) is 14.9 Å². The average Bonchev–Trinajstić information content (AvgIpc) is 2.69. The molecule has 1 fully saturated rings. The van der Waals surface area contributed by atoms with Crippen LogP contribution < -0.4 is 4.90 Å². The third-order valence-corrected chi connectivity index (χ3v) is 5.79. The van der Waals surface area contributed by atoms with Crippen LogP contribution in [0.3, 0.4) is 0 Å². The second-order valence-corrected chi connectivity index (χ2v) is 8.49. The Labute approximate surface area is 180 Å². The molecule has 1 aromatic heterocycles. The molecule has 0 saturated carbocycles. The Morgan fingerprint density at radius 3 is 2.48 bits per heavy atom. The number of benzene rings is 1. The fourth-order valence-electron chi connectivity index (χ4n) is 3.43. The minimum absolute atomic E-state index is 0.144. The van der Waals surface area contributed by atoms with Crippen molar-refractivity contribution in [3.05, 3.63) is 45.7 Å². The molecule has 1 aliphatic heterocycles. The fourth-order valence-corrected chi connectivity index (χ4v) is 4.04. The molecule has 0 aliphatic carbocycles. The van der Waals surface area contributed by atoms with Gasteiger partial charge in [0.05, 0.1) is 5.69 Å². The minimum Gasteiger partial charge on any atom is -0.336 e. The SMILES string of the molecule is CCN(c1nc(C)cc(C(=O)N2CCC(=O)CC2)n1)c1ccc(C(C)C)cc1Br. The number of carbonyl (C=O) groups is 2. The lowest BCUT2D eigenvalue weighted by atomic mass is 10.0. The van der Waals surface area contributed by atoms with Gasteiger partial charge in [0.25, 0.3) is 5.91 Å². The third-order valence-electron chi connectivity index (χ3n) is 5.16. The second-order valence-electron chi connectivity index (χ2n) is 7.64. The molecule has 6 nitrogen and oxygen atoms in total. The van der Waals surface area contributed by atoms with Crippen molar-refractivity contribution in [3.8, 4) is 0 Å². The van der Waals surface area contributed by atoms with Crippen LogP contribution >= 0.6 is 15.9 Å². The lowest BCUT2D eigenvalue weighted by Gasteiger charge is -2.27. The standard InChI is InChI=1S/C22H27BrN4O2/c1-5-27(20-7-6-16(14(2)3)13-18(20)23)22-24-15(4)12-19(25-22)21(29)26-10-8-17(28)9-11-26/h6-7,12-14H,5,8-11H2,1-4H3. The summed E-state index contributed by atoms with van der Waals surface area (Å²) in [7, 11) is 0. The summed E-state index contributed by atoms with van der Waals surface area (Å²) in [6.45, 7) is 9.79. The van der Waals surface area contributed by atoms with Crippen molar-refractivity contribution in [3.63, 3.8) is 0 Å². The van der Waals surface area contributed by atoms with Crippen molar-refractivity contribution < 1.29 is 9.59 Å². The predicted octanol–water partition coefficient (Wildman–Crippen LogP) is 4.63. The molecule has 29 heavy (non-hydrogen) atoms. The van der Waals surface area contributed by atoms with E-state index in [1.807, 2.05) is 18.7 Å². The Morgan fingerprint density at radius 2 is 1.90 bits per heavy atom. The maximum Gasteiger partial charge on any atom is 0.272 e. The van der Waals surface area contributed by atoms with E-state index in [0.717, 1.165) is 15.9 Å². The maximum absolute atomic E-state index is 12.9. The van der Waals surface area contributed by atoms with Gasteiger partial charge in [0.15, 0.2) is 0 Å². The first-order chi connectivity index (χ1) is 13.8. The van der Waals surface area contributed by atoms with E-state index in [1.165, 1.54) is 5.56 Å². The van der Waals surface area contributed by atoms with Gasteiger partial charge >= 0.3 is 0 Å². The van der Waals surface area contributed by atoms with Gasteiger partial charge in [0.2, 0.25) is 5.95 Å². The fraction of sp³-hybridized carbons (Fsp3) is 0.455. The summed E-state index contributed by atoms with van der Waals surface area (Å²) in [5.41, 5.74) is 3.32. The average molecular weight is 459 g/mol. The van der Waals surface area contributed by atoms with E-state index in [4.69, 9.17) is 0 Å². The van der Waals surface area contributed by atoms with Gasteiger partial charge in [-0.1, -0.05) is 19.9 Å². The Kier molecular flexibility index (Phi) is 6.67. The largest absolute Gasteiger partial charge is 0.336 e. The van der Waals surface area contributed by atoms with E-state index in [1.54, 1.807) is 11.0 Å². The number of aromatic nitrogens is 2. The Balaban J connectivity index is 1.93. The molecule has 154 valence electrons. The van der Waals surface area contributed by atoms with Crippen molar-refractivity contribution in [2.45, 2.75) is 46.5 Å². The van der Waals surface area contributed by atoms with Gasteiger partial charge in [-0.3, -0.25) is 9.59 Å². The highest BCUT2D eigenvalue weighted by molar-refractivity contribution is 9.10. The van der Waals surface area contributed by atoms with Crippen molar-refractivity contribution >= 4 is 39.3 Å². The summed E-state index contributed by atoms with van der Waals surface area (Å²) < 4.78 is 0.970. The first-order valence-corrected chi connectivity index (χ1v) is 10.8. The second kappa shape index (κ2) is 9.03. The summed E-state index contributed by atoms with van der Waals surface area (Å²) in [6, 6.07) is 8.01. The molecular weight excluding hydrogens is 432 g/mol. The number of ketones is 1. The number of carbonyl (C=O) groups excluding carboxylic acids is 2. The molecule has 7 heteroatoms. The number of aryl methyl sites for hydroxylation is 1. The van der Waals surface area contributed by atoms with E-state index >= 15 is 0 Å². The zero-order chi connectivity index (χ0) is 21.1. The minimum atomic E-state index is -0.144. The molecule has 1 aromatic carbocycles. The molecule has 1 amide bonds. The van der Waals surface area contributed by atoms with Gasteiger partial charge < -0.3 is 9.80 Å². The number of nitrogens with zero attached hydrogens (tertiary/aromatic N) is 4. The highest BCUT2D eigenvalue weighted by atomic mass is 79.9. The summed E-state index contributed by atoms with van der Waals surface area (Å²) in [4.78, 5) is 37.3. The molecule has 0 N–H and O–H groups in total. The van der Waals surface area contributed by atoms with Crippen molar-refractivity contribution in [2.75, 3.05) is 24.5 Å². The molecule has 0 radical (unpaired) electrons. The van der Waals surface area contributed by atoms with E-state index in [-0.39, 0.29) is 11.7 Å². The van der Waals surface area contributed by atoms with Crippen LogP contribution in [0.15, 0.2) is 28.7 Å². The summed E-state index contributed by atoms with van der Waals surface area (Å²) in [5, 5.41) is 0.